The van der Waals surface area contributed by atoms with Gasteiger partial charge < -0.3 is 10.4 Å². The maximum Gasteiger partial charge on any atom is 0.327 e. The number of hydrogen-bond donors (Lipinski definition) is 3. The Kier molecular flexibility index (Phi) is 4.45. The predicted octanol–water partition coefficient (Wildman–Crippen LogP) is -0.777. The third-order valence-electron chi connectivity index (χ3n) is 3.24. The molecule has 2 fully saturated rings. The standard InChI is InChI=1S/C10H17N3O5S2/c11-20(17,18)4-3-12-10(16)13-7(9(14)15)5-19-8(13)6-1-2-6/h6-8H,1-5H2,(H,12,16)(H,14,15)(H2,11,17,18). The molecule has 2 amide bonds. The molecular formula is C10H17N3O5S2. The summed E-state index contributed by atoms with van der Waals surface area (Å²) in [7, 11) is -3.65. The van der Waals surface area contributed by atoms with E-state index < -0.39 is 28.1 Å². The second-order valence-electron chi connectivity index (χ2n) is 4.92. The van der Waals surface area contributed by atoms with Crippen molar-refractivity contribution in [1.29, 1.82) is 0 Å². The number of nitrogens with two attached hydrogens (primary N) is 1. The molecule has 0 aromatic carbocycles. The highest BCUT2D eigenvalue weighted by molar-refractivity contribution is 8.00. The number of carbonyl (C=O) groups is 2. The molecule has 2 atom stereocenters. The van der Waals surface area contributed by atoms with Gasteiger partial charge in [-0.3, -0.25) is 4.90 Å². The number of rotatable bonds is 5. The second-order valence-corrected chi connectivity index (χ2v) is 7.81. The van der Waals surface area contributed by atoms with Gasteiger partial charge in [0, 0.05) is 12.3 Å². The minimum absolute atomic E-state index is 0.122. The predicted molar refractivity (Wildman–Crippen MR) is 73.6 cm³/mol. The fourth-order valence-electron chi connectivity index (χ4n) is 2.11. The molecule has 0 radical (unpaired) electrons. The molecule has 1 saturated heterocycles. The van der Waals surface area contributed by atoms with Crippen LogP contribution in [0.15, 0.2) is 0 Å². The van der Waals surface area contributed by atoms with Gasteiger partial charge >= 0.3 is 12.0 Å². The normalized spacial score (nSPS) is 26.6. The average Bonchev–Trinajstić information content (AvgIpc) is 3.05. The molecule has 1 aliphatic carbocycles. The molecule has 8 nitrogen and oxygen atoms in total. The molecule has 1 aliphatic heterocycles. The van der Waals surface area contributed by atoms with E-state index in [1.165, 1.54) is 16.7 Å². The van der Waals surface area contributed by atoms with Crippen molar-refractivity contribution in [3.05, 3.63) is 0 Å². The molecular weight excluding hydrogens is 306 g/mol. The SMILES string of the molecule is NS(=O)(=O)CCNC(=O)N1C(C(=O)O)CSC1C1CC1. The summed E-state index contributed by atoms with van der Waals surface area (Å²) in [5.74, 6) is -0.708. The van der Waals surface area contributed by atoms with E-state index in [0.29, 0.717) is 11.7 Å². The van der Waals surface area contributed by atoms with Crippen molar-refractivity contribution in [3.8, 4) is 0 Å². The summed E-state index contributed by atoms with van der Waals surface area (Å²) in [6, 6.07) is -1.40. The fourth-order valence-corrected chi connectivity index (χ4v) is 4.13. The largest absolute Gasteiger partial charge is 0.480 e. The molecule has 4 N–H and O–H groups in total. The number of hydrogen-bond acceptors (Lipinski definition) is 5. The lowest BCUT2D eigenvalue weighted by molar-refractivity contribution is -0.141. The Bertz CT molecular complexity index is 505. The fraction of sp³-hybridized carbons (Fsp3) is 0.800. The number of carboxylic acid groups (broad SMARTS) is 1. The van der Waals surface area contributed by atoms with E-state index in [1.807, 2.05) is 0 Å². The number of carboxylic acids is 1. The Morgan fingerprint density at radius 2 is 2.05 bits per heavy atom. The first-order valence-electron chi connectivity index (χ1n) is 6.20. The third-order valence-corrected chi connectivity index (χ3v) is 5.48. The van der Waals surface area contributed by atoms with Gasteiger partial charge in [0.05, 0.1) is 11.1 Å². The van der Waals surface area contributed by atoms with Crippen LogP contribution in [0.1, 0.15) is 12.8 Å². The van der Waals surface area contributed by atoms with Gasteiger partial charge in [-0.05, 0) is 18.8 Å². The highest BCUT2D eigenvalue weighted by Gasteiger charge is 2.48. The van der Waals surface area contributed by atoms with Gasteiger partial charge in [-0.2, -0.15) is 0 Å². The Morgan fingerprint density at radius 3 is 2.55 bits per heavy atom. The summed E-state index contributed by atoms with van der Waals surface area (Å²) in [4.78, 5) is 24.6. The van der Waals surface area contributed by atoms with Crippen molar-refractivity contribution < 1.29 is 23.1 Å². The zero-order chi connectivity index (χ0) is 14.9. The highest BCUT2D eigenvalue weighted by Crippen LogP contribution is 2.45. The van der Waals surface area contributed by atoms with Gasteiger partial charge in [-0.25, -0.2) is 23.1 Å². The first-order chi connectivity index (χ1) is 9.29. The van der Waals surface area contributed by atoms with E-state index >= 15 is 0 Å². The molecule has 20 heavy (non-hydrogen) atoms. The van der Waals surface area contributed by atoms with Crippen molar-refractivity contribution in [2.45, 2.75) is 24.3 Å². The number of aliphatic carboxylic acids is 1. The maximum atomic E-state index is 12.1. The van der Waals surface area contributed by atoms with Crippen LogP contribution >= 0.6 is 11.8 Å². The molecule has 2 rings (SSSR count). The average molecular weight is 323 g/mol. The summed E-state index contributed by atoms with van der Waals surface area (Å²) in [5, 5.41) is 16.3. The zero-order valence-corrected chi connectivity index (χ0v) is 12.3. The topological polar surface area (TPSA) is 130 Å². The van der Waals surface area contributed by atoms with Crippen molar-refractivity contribution in [2.24, 2.45) is 11.1 Å². The van der Waals surface area contributed by atoms with E-state index in [0.717, 1.165) is 12.8 Å². The van der Waals surface area contributed by atoms with Crippen LogP contribution in [0.25, 0.3) is 0 Å². The van der Waals surface area contributed by atoms with Gasteiger partial charge in [-0.15, -0.1) is 11.8 Å². The lowest BCUT2D eigenvalue weighted by Crippen LogP contribution is -2.51. The molecule has 0 spiro atoms. The van der Waals surface area contributed by atoms with Crippen LogP contribution in [0.3, 0.4) is 0 Å². The monoisotopic (exact) mass is 323 g/mol. The van der Waals surface area contributed by atoms with Crippen molar-refractivity contribution >= 4 is 33.8 Å². The molecule has 0 bridgehead atoms. The zero-order valence-electron chi connectivity index (χ0n) is 10.7. The minimum atomic E-state index is -3.65. The van der Waals surface area contributed by atoms with Gasteiger partial charge in [0.15, 0.2) is 0 Å². The first-order valence-corrected chi connectivity index (χ1v) is 8.97. The maximum absolute atomic E-state index is 12.1. The molecule has 1 saturated carbocycles. The second kappa shape index (κ2) is 5.78. The molecule has 2 unspecified atom stereocenters. The van der Waals surface area contributed by atoms with E-state index in [1.54, 1.807) is 0 Å². The Morgan fingerprint density at radius 1 is 1.40 bits per heavy atom. The Labute approximate surface area is 121 Å². The Hall–Kier alpha value is -1.00. The number of thioether (sulfide) groups is 1. The summed E-state index contributed by atoms with van der Waals surface area (Å²) < 4.78 is 21.6. The number of carbonyl (C=O) groups excluding carboxylic acids is 1. The van der Waals surface area contributed by atoms with E-state index in [2.05, 4.69) is 5.32 Å². The minimum Gasteiger partial charge on any atom is -0.480 e. The molecule has 0 aromatic heterocycles. The van der Waals surface area contributed by atoms with Crippen LogP contribution < -0.4 is 10.5 Å². The van der Waals surface area contributed by atoms with Crippen molar-refractivity contribution in [2.75, 3.05) is 18.1 Å². The van der Waals surface area contributed by atoms with Gasteiger partial charge in [0.2, 0.25) is 10.0 Å². The summed E-state index contributed by atoms with van der Waals surface area (Å²) >= 11 is 1.47. The molecule has 0 aromatic rings. The summed E-state index contributed by atoms with van der Waals surface area (Å²) in [6.45, 7) is -0.122. The van der Waals surface area contributed by atoms with Crippen molar-refractivity contribution in [1.82, 2.24) is 10.2 Å². The van der Waals surface area contributed by atoms with Crippen LogP contribution in [-0.2, 0) is 14.8 Å². The number of urea groups is 1. The number of nitrogens with one attached hydrogen (secondary N) is 1. The molecule has 114 valence electrons. The summed E-state index contributed by atoms with van der Waals surface area (Å²) in [6.07, 6.45) is 1.98. The lowest BCUT2D eigenvalue weighted by atomic mass is 10.2. The van der Waals surface area contributed by atoms with Crippen LogP contribution in [0.5, 0.6) is 0 Å². The van der Waals surface area contributed by atoms with Crippen LogP contribution in [0.2, 0.25) is 0 Å². The van der Waals surface area contributed by atoms with Crippen molar-refractivity contribution in [3.63, 3.8) is 0 Å². The van der Waals surface area contributed by atoms with E-state index in [4.69, 9.17) is 10.2 Å². The summed E-state index contributed by atoms with van der Waals surface area (Å²) in [5.41, 5.74) is 0. The number of amides is 2. The molecule has 2 aliphatic rings. The van der Waals surface area contributed by atoms with Gasteiger partial charge in [0.1, 0.15) is 6.04 Å². The molecule has 1 heterocycles. The van der Waals surface area contributed by atoms with Crippen LogP contribution in [0.4, 0.5) is 4.79 Å². The van der Waals surface area contributed by atoms with Crippen LogP contribution in [-0.4, -0.2) is 59.9 Å². The first kappa shape index (κ1) is 15.4. The third kappa shape index (κ3) is 3.76. The smallest absolute Gasteiger partial charge is 0.327 e. The van der Waals surface area contributed by atoms with Gasteiger partial charge in [0.25, 0.3) is 0 Å². The van der Waals surface area contributed by atoms with Crippen LogP contribution in [0, 0.1) is 5.92 Å². The number of sulfonamides is 1. The Balaban J connectivity index is 1.98. The van der Waals surface area contributed by atoms with Gasteiger partial charge in [-0.1, -0.05) is 0 Å². The number of nitrogens with zero attached hydrogens (tertiary/aromatic N) is 1. The molecule has 10 heteroatoms. The quantitative estimate of drug-likeness (QED) is 0.608. The highest BCUT2D eigenvalue weighted by atomic mass is 32.2. The lowest BCUT2D eigenvalue weighted by Gasteiger charge is -2.27. The van der Waals surface area contributed by atoms with E-state index in [9.17, 15) is 18.0 Å². The number of primary sulfonamides is 1. The van der Waals surface area contributed by atoms with E-state index in [-0.39, 0.29) is 17.7 Å².